The molecular weight excluding hydrogens is 434 g/mol. The van der Waals surface area contributed by atoms with Gasteiger partial charge in [-0.2, -0.15) is 0 Å². The number of H-pyrrole nitrogens is 1. The molecule has 5 nitrogen and oxygen atoms in total. The van der Waals surface area contributed by atoms with Crippen molar-refractivity contribution >= 4 is 22.7 Å². The summed E-state index contributed by atoms with van der Waals surface area (Å²) in [5.41, 5.74) is 5.20. The molecule has 1 aromatic heterocycles. The van der Waals surface area contributed by atoms with Crippen molar-refractivity contribution < 1.29 is 9.59 Å². The highest BCUT2D eigenvalue weighted by atomic mass is 16.2. The lowest BCUT2D eigenvalue weighted by atomic mass is 9.90. The molecule has 2 amide bonds. The fourth-order valence-corrected chi connectivity index (χ4v) is 5.15. The van der Waals surface area contributed by atoms with E-state index >= 15 is 0 Å². The molecule has 0 radical (unpaired) electrons. The third kappa shape index (κ3) is 4.85. The average molecular weight is 466 g/mol. The van der Waals surface area contributed by atoms with Crippen LogP contribution in [0, 0.1) is 12.8 Å². The van der Waals surface area contributed by atoms with E-state index in [1.807, 2.05) is 66.4 Å². The Labute approximate surface area is 206 Å². The van der Waals surface area contributed by atoms with Gasteiger partial charge in [-0.25, -0.2) is 0 Å². The number of nitrogens with zero attached hydrogens (tertiary/aromatic N) is 1. The number of hydrogen-bond acceptors (Lipinski definition) is 2. The summed E-state index contributed by atoms with van der Waals surface area (Å²) in [5, 5.41) is 4.41. The highest BCUT2D eigenvalue weighted by Crippen LogP contribution is 2.31. The van der Waals surface area contributed by atoms with Crippen molar-refractivity contribution in [1.29, 1.82) is 0 Å². The van der Waals surface area contributed by atoms with Crippen LogP contribution in [0.2, 0.25) is 0 Å². The number of nitrogens with one attached hydrogen (secondary N) is 2. The van der Waals surface area contributed by atoms with Crippen LogP contribution >= 0.6 is 0 Å². The smallest absolute Gasteiger partial charge is 0.254 e. The molecule has 178 valence electrons. The lowest BCUT2D eigenvalue weighted by Crippen LogP contribution is -2.43. The molecule has 5 rings (SSSR count). The van der Waals surface area contributed by atoms with E-state index in [0.29, 0.717) is 32.5 Å². The second kappa shape index (κ2) is 10.2. The van der Waals surface area contributed by atoms with E-state index in [9.17, 15) is 9.59 Å². The molecule has 1 aliphatic rings. The highest BCUT2D eigenvalue weighted by molar-refractivity contribution is 5.95. The summed E-state index contributed by atoms with van der Waals surface area (Å²) < 4.78 is 0. The summed E-state index contributed by atoms with van der Waals surface area (Å²) in [6.07, 6.45) is 3.43. The number of aromatic amines is 1. The predicted molar refractivity (Wildman–Crippen MR) is 139 cm³/mol. The molecule has 35 heavy (non-hydrogen) atoms. The van der Waals surface area contributed by atoms with Gasteiger partial charge in [-0.1, -0.05) is 66.7 Å². The van der Waals surface area contributed by atoms with Crippen LogP contribution in [-0.2, 0) is 4.79 Å². The Morgan fingerprint density at radius 1 is 0.943 bits per heavy atom. The minimum atomic E-state index is -0.0738. The maximum absolute atomic E-state index is 13.1. The van der Waals surface area contributed by atoms with Crippen LogP contribution in [0.15, 0.2) is 85.1 Å². The monoisotopic (exact) mass is 465 g/mol. The summed E-state index contributed by atoms with van der Waals surface area (Å²) in [6, 6.07) is 26.3. The molecule has 1 aliphatic heterocycles. The Hall–Kier alpha value is -3.86. The van der Waals surface area contributed by atoms with Gasteiger partial charge in [0.05, 0.1) is 0 Å². The normalized spacial score (nSPS) is 15.2. The van der Waals surface area contributed by atoms with E-state index in [-0.39, 0.29) is 23.7 Å². The summed E-state index contributed by atoms with van der Waals surface area (Å²) in [6.45, 7) is 3.71. The number of fused-ring (bicyclic) bond motifs is 1. The summed E-state index contributed by atoms with van der Waals surface area (Å²) in [5.74, 6) is 0.119. The standard InChI is InChI=1S/C30H31N3O2/c1-21-9-5-6-12-24(21)30(35)33-17-15-23(16-18-33)29(34)32-19-26(22-10-3-2-4-11-22)27-20-31-28-14-8-7-13-25(27)28/h2-14,20,23,26,31H,15-19H2,1H3,(H,32,34). The molecule has 1 fully saturated rings. The van der Waals surface area contributed by atoms with Gasteiger partial charge in [0.15, 0.2) is 0 Å². The van der Waals surface area contributed by atoms with Gasteiger partial charge in [0.1, 0.15) is 0 Å². The largest absolute Gasteiger partial charge is 0.361 e. The lowest BCUT2D eigenvalue weighted by molar-refractivity contribution is -0.126. The van der Waals surface area contributed by atoms with Gasteiger partial charge in [0, 0.05) is 54.1 Å². The first kappa shape index (κ1) is 22.9. The summed E-state index contributed by atoms with van der Waals surface area (Å²) in [4.78, 5) is 31.3. The van der Waals surface area contributed by atoms with Crippen molar-refractivity contribution in [2.75, 3.05) is 19.6 Å². The number of para-hydroxylation sites is 1. The summed E-state index contributed by atoms with van der Waals surface area (Å²) >= 11 is 0. The fourth-order valence-electron chi connectivity index (χ4n) is 5.15. The van der Waals surface area contributed by atoms with Crippen molar-refractivity contribution in [3.05, 3.63) is 107 Å². The second-order valence-corrected chi connectivity index (χ2v) is 9.38. The Balaban J connectivity index is 1.24. The zero-order chi connectivity index (χ0) is 24.2. The second-order valence-electron chi connectivity index (χ2n) is 9.38. The van der Waals surface area contributed by atoms with Crippen LogP contribution in [0.25, 0.3) is 10.9 Å². The van der Waals surface area contributed by atoms with Gasteiger partial charge in [0.25, 0.3) is 5.91 Å². The number of benzene rings is 3. The Morgan fingerprint density at radius 3 is 2.40 bits per heavy atom. The number of hydrogen-bond donors (Lipinski definition) is 2. The molecule has 0 aliphatic carbocycles. The first-order valence-corrected chi connectivity index (χ1v) is 12.4. The van der Waals surface area contributed by atoms with Gasteiger partial charge >= 0.3 is 0 Å². The maximum atomic E-state index is 13.1. The maximum Gasteiger partial charge on any atom is 0.254 e. The van der Waals surface area contributed by atoms with Crippen LogP contribution in [0.4, 0.5) is 0 Å². The third-order valence-corrected chi connectivity index (χ3v) is 7.21. The predicted octanol–water partition coefficient (Wildman–Crippen LogP) is 5.28. The Morgan fingerprint density at radius 2 is 1.63 bits per heavy atom. The highest BCUT2D eigenvalue weighted by Gasteiger charge is 2.29. The van der Waals surface area contributed by atoms with E-state index in [1.165, 1.54) is 16.5 Å². The number of piperidine rings is 1. The molecule has 0 saturated carbocycles. The lowest BCUT2D eigenvalue weighted by Gasteiger charge is -2.32. The number of likely N-dealkylation sites (tertiary alicyclic amines) is 1. The van der Waals surface area contributed by atoms with Gasteiger partial charge in [-0.05, 0) is 48.6 Å². The number of amides is 2. The molecule has 0 spiro atoms. The van der Waals surface area contributed by atoms with Crippen LogP contribution in [-0.4, -0.2) is 41.3 Å². The average Bonchev–Trinajstić information content (AvgIpc) is 3.33. The molecule has 4 aromatic rings. The molecule has 2 heterocycles. The number of carbonyl (C=O) groups is 2. The molecule has 2 N–H and O–H groups in total. The zero-order valence-electron chi connectivity index (χ0n) is 20.0. The molecule has 3 aromatic carbocycles. The van der Waals surface area contributed by atoms with Gasteiger partial charge < -0.3 is 15.2 Å². The van der Waals surface area contributed by atoms with Gasteiger partial charge in [0.2, 0.25) is 5.91 Å². The Bertz CT molecular complexity index is 1320. The SMILES string of the molecule is Cc1ccccc1C(=O)N1CCC(C(=O)NCC(c2ccccc2)c2c[nH]c3ccccc23)CC1. The quantitative estimate of drug-likeness (QED) is 0.407. The van der Waals surface area contributed by atoms with Crippen molar-refractivity contribution in [3.63, 3.8) is 0 Å². The number of aryl methyl sites for hydroxylation is 1. The minimum Gasteiger partial charge on any atom is -0.361 e. The summed E-state index contributed by atoms with van der Waals surface area (Å²) in [7, 11) is 0. The molecule has 1 unspecified atom stereocenters. The van der Waals surface area contributed by atoms with E-state index in [0.717, 1.165) is 16.6 Å². The topological polar surface area (TPSA) is 65.2 Å². The molecule has 1 atom stereocenters. The third-order valence-electron chi connectivity index (χ3n) is 7.21. The van der Waals surface area contributed by atoms with Gasteiger partial charge in [-0.3, -0.25) is 9.59 Å². The van der Waals surface area contributed by atoms with Crippen molar-refractivity contribution in [3.8, 4) is 0 Å². The molecule has 5 heteroatoms. The van der Waals surface area contributed by atoms with Gasteiger partial charge in [-0.15, -0.1) is 0 Å². The van der Waals surface area contributed by atoms with Crippen LogP contribution in [0.5, 0.6) is 0 Å². The van der Waals surface area contributed by atoms with Crippen LogP contribution in [0.3, 0.4) is 0 Å². The van der Waals surface area contributed by atoms with E-state index < -0.39 is 0 Å². The molecular formula is C30H31N3O2. The van der Waals surface area contributed by atoms with E-state index in [1.54, 1.807) is 0 Å². The van der Waals surface area contributed by atoms with E-state index in [4.69, 9.17) is 0 Å². The van der Waals surface area contributed by atoms with Crippen molar-refractivity contribution in [2.24, 2.45) is 5.92 Å². The van der Waals surface area contributed by atoms with E-state index in [2.05, 4.69) is 40.8 Å². The number of rotatable bonds is 6. The zero-order valence-corrected chi connectivity index (χ0v) is 20.0. The number of aromatic nitrogens is 1. The minimum absolute atomic E-state index is 0.0547. The van der Waals surface area contributed by atoms with Crippen molar-refractivity contribution in [1.82, 2.24) is 15.2 Å². The first-order valence-electron chi connectivity index (χ1n) is 12.4. The first-order chi connectivity index (χ1) is 17.1. The fraction of sp³-hybridized carbons (Fsp3) is 0.267. The van der Waals surface area contributed by atoms with Crippen LogP contribution < -0.4 is 5.32 Å². The van der Waals surface area contributed by atoms with Crippen LogP contribution in [0.1, 0.15) is 45.8 Å². The van der Waals surface area contributed by atoms with Crippen molar-refractivity contribution in [2.45, 2.75) is 25.7 Å². The molecule has 0 bridgehead atoms. The Kier molecular flexibility index (Phi) is 6.66. The number of carbonyl (C=O) groups excluding carboxylic acids is 2. The molecule has 1 saturated heterocycles.